The fraction of sp³-hybridized carbons (Fsp3) is 0.500. The SMILES string of the molecule is CC(=CCC1=C(C)C(=O)C(C)=C(C)C1=O)CCCI. The molecule has 0 aromatic heterocycles. The molecule has 2 nitrogen and oxygen atoms in total. The minimum Gasteiger partial charge on any atom is -0.289 e. The van der Waals surface area contributed by atoms with Crippen molar-refractivity contribution in [3.05, 3.63) is 33.9 Å². The van der Waals surface area contributed by atoms with Crippen LogP contribution in [0.5, 0.6) is 0 Å². The summed E-state index contributed by atoms with van der Waals surface area (Å²) in [4.78, 5) is 24.2. The molecule has 1 aliphatic carbocycles. The summed E-state index contributed by atoms with van der Waals surface area (Å²) in [5, 5.41) is 0. The van der Waals surface area contributed by atoms with Crippen LogP contribution in [0.3, 0.4) is 0 Å². The third kappa shape index (κ3) is 3.88. The van der Waals surface area contributed by atoms with E-state index in [1.807, 2.05) is 0 Å². The first-order valence-electron chi connectivity index (χ1n) is 6.58. The van der Waals surface area contributed by atoms with Gasteiger partial charge in [0.1, 0.15) is 0 Å². The van der Waals surface area contributed by atoms with Crippen molar-refractivity contribution in [2.75, 3.05) is 4.43 Å². The molecule has 1 rings (SSSR count). The minimum absolute atomic E-state index is 0.0189. The summed E-state index contributed by atoms with van der Waals surface area (Å²) in [6.45, 7) is 7.33. The number of hydrogen-bond donors (Lipinski definition) is 0. The Labute approximate surface area is 129 Å². The highest BCUT2D eigenvalue weighted by Gasteiger charge is 2.26. The largest absolute Gasteiger partial charge is 0.289 e. The highest BCUT2D eigenvalue weighted by molar-refractivity contribution is 14.1. The van der Waals surface area contributed by atoms with E-state index >= 15 is 0 Å². The zero-order valence-electron chi connectivity index (χ0n) is 12.1. The Morgan fingerprint density at radius 3 is 2.21 bits per heavy atom. The molecule has 0 heterocycles. The second kappa shape index (κ2) is 7.17. The maximum absolute atomic E-state index is 12.2. The zero-order chi connectivity index (χ0) is 14.6. The third-order valence-electron chi connectivity index (χ3n) is 3.67. The molecule has 0 aromatic carbocycles. The van der Waals surface area contributed by atoms with Gasteiger partial charge in [-0.1, -0.05) is 34.2 Å². The molecule has 0 spiro atoms. The normalized spacial score (nSPS) is 17.6. The Hall–Kier alpha value is -0.710. The smallest absolute Gasteiger partial charge is 0.185 e. The number of carbonyl (C=O) groups excluding carboxylic acids is 2. The molecule has 0 aliphatic heterocycles. The first kappa shape index (κ1) is 16.3. The van der Waals surface area contributed by atoms with Crippen LogP contribution in [0.2, 0.25) is 0 Å². The molecule has 0 saturated carbocycles. The van der Waals surface area contributed by atoms with Crippen LogP contribution < -0.4 is 0 Å². The van der Waals surface area contributed by atoms with Crippen LogP contribution in [-0.2, 0) is 9.59 Å². The van der Waals surface area contributed by atoms with Crippen LogP contribution in [-0.4, -0.2) is 16.0 Å². The van der Waals surface area contributed by atoms with Crippen molar-refractivity contribution in [3.8, 4) is 0 Å². The first-order valence-corrected chi connectivity index (χ1v) is 8.11. The van der Waals surface area contributed by atoms with Crippen molar-refractivity contribution < 1.29 is 9.59 Å². The summed E-state index contributed by atoms with van der Waals surface area (Å²) in [6, 6.07) is 0. The van der Waals surface area contributed by atoms with E-state index in [2.05, 4.69) is 35.6 Å². The van der Waals surface area contributed by atoms with Crippen LogP contribution in [0, 0.1) is 0 Å². The van der Waals surface area contributed by atoms with Gasteiger partial charge in [0.25, 0.3) is 0 Å². The molecular formula is C16H21IO2. The van der Waals surface area contributed by atoms with Crippen molar-refractivity contribution >= 4 is 34.2 Å². The van der Waals surface area contributed by atoms with Gasteiger partial charge in [0.15, 0.2) is 11.6 Å². The van der Waals surface area contributed by atoms with Crippen LogP contribution in [0.4, 0.5) is 0 Å². The summed E-state index contributed by atoms with van der Waals surface area (Å²) >= 11 is 2.37. The Morgan fingerprint density at radius 2 is 1.63 bits per heavy atom. The molecule has 0 fully saturated rings. The average molecular weight is 372 g/mol. The molecule has 0 radical (unpaired) electrons. The highest BCUT2D eigenvalue weighted by atomic mass is 127. The number of hydrogen-bond acceptors (Lipinski definition) is 2. The highest BCUT2D eigenvalue weighted by Crippen LogP contribution is 2.26. The van der Waals surface area contributed by atoms with Crippen LogP contribution in [0.1, 0.15) is 47.0 Å². The van der Waals surface area contributed by atoms with E-state index in [4.69, 9.17) is 0 Å². The van der Waals surface area contributed by atoms with Crippen molar-refractivity contribution in [1.29, 1.82) is 0 Å². The molecule has 1 aliphatic rings. The van der Waals surface area contributed by atoms with Gasteiger partial charge in [-0.3, -0.25) is 9.59 Å². The predicted molar refractivity (Wildman–Crippen MR) is 87.6 cm³/mol. The standard InChI is InChI=1S/C16H21IO2/c1-10(6-5-9-17)7-8-14-13(4)15(18)11(2)12(3)16(14)19/h7H,5-6,8-9H2,1-4H3. The minimum atomic E-state index is 0.0189. The van der Waals surface area contributed by atoms with Gasteiger partial charge in [-0.2, -0.15) is 0 Å². The molecular weight excluding hydrogens is 351 g/mol. The molecule has 0 aromatic rings. The van der Waals surface area contributed by atoms with Crippen molar-refractivity contribution in [2.24, 2.45) is 0 Å². The Kier molecular flexibility index (Phi) is 6.17. The molecule has 0 unspecified atom stereocenters. The Balaban J connectivity index is 2.89. The number of rotatable bonds is 5. The van der Waals surface area contributed by atoms with Crippen LogP contribution >= 0.6 is 22.6 Å². The molecule has 104 valence electrons. The first-order chi connectivity index (χ1) is 8.90. The van der Waals surface area contributed by atoms with Gasteiger partial charge in [0.2, 0.25) is 0 Å². The number of alkyl halides is 1. The predicted octanol–water partition coefficient (Wildman–Crippen LogP) is 4.34. The third-order valence-corrected chi connectivity index (χ3v) is 4.43. The van der Waals surface area contributed by atoms with E-state index in [1.54, 1.807) is 20.8 Å². The summed E-state index contributed by atoms with van der Waals surface area (Å²) in [6.07, 6.45) is 4.88. The van der Waals surface area contributed by atoms with Gasteiger partial charge in [-0.05, 0) is 51.4 Å². The summed E-state index contributed by atoms with van der Waals surface area (Å²) < 4.78 is 1.14. The maximum atomic E-state index is 12.2. The van der Waals surface area contributed by atoms with Crippen molar-refractivity contribution in [1.82, 2.24) is 0 Å². The number of halogens is 1. The Morgan fingerprint density at radius 1 is 1.05 bits per heavy atom. The monoisotopic (exact) mass is 372 g/mol. The van der Waals surface area contributed by atoms with Crippen LogP contribution in [0.15, 0.2) is 33.9 Å². The lowest BCUT2D eigenvalue weighted by atomic mass is 9.84. The van der Waals surface area contributed by atoms with E-state index in [9.17, 15) is 9.59 Å². The molecule has 0 saturated heterocycles. The number of ketones is 2. The molecule has 0 N–H and O–H groups in total. The van der Waals surface area contributed by atoms with E-state index in [1.165, 1.54) is 5.57 Å². The van der Waals surface area contributed by atoms with Gasteiger partial charge in [-0.15, -0.1) is 0 Å². The van der Waals surface area contributed by atoms with E-state index in [0.717, 1.165) is 17.3 Å². The molecule has 3 heteroatoms. The number of Topliss-reactive ketones (excluding diaryl/α,β-unsaturated/α-hetero) is 2. The van der Waals surface area contributed by atoms with Gasteiger partial charge in [0, 0.05) is 22.3 Å². The average Bonchev–Trinajstić information content (AvgIpc) is 2.40. The molecule has 0 amide bonds. The van der Waals surface area contributed by atoms with E-state index in [0.29, 0.717) is 28.7 Å². The second-order valence-electron chi connectivity index (χ2n) is 5.06. The quantitative estimate of drug-likeness (QED) is 0.311. The second-order valence-corrected chi connectivity index (χ2v) is 6.14. The van der Waals surface area contributed by atoms with Gasteiger partial charge >= 0.3 is 0 Å². The molecule has 0 bridgehead atoms. The summed E-state index contributed by atoms with van der Waals surface area (Å²) in [5.74, 6) is 0.0537. The number of carbonyl (C=O) groups is 2. The number of allylic oxidation sites excluding steroid dienone is 6. The van der Waals surface area contributed by atoms with E-state index < -0.39 is 0 Å². The topological polar surface area (TPSA) is 34.1 Å². The van der Waals surface area contributed by atoms with Crippen molar-refractivity contribution in [2.45, 2.75) is 47.0 Å². The Bertz CT molecular complexity index is 493. The summed E-state index contributed by atoms with van der Waals surface area (Å²) in [7, 11) is 0. The summed E-state index contributed by atoms with van der Waals surface area (Å²) in [5.41, 5.74) is 3.77. The lowest BCUT2D eigenvalue weighted by Crippen LogP contribution is -2.20. The van der Waals surface area contributed by atoms with E-state index in [-0.39, 0.29) is 11.6 Å². The lowest BCUT2D eigenvalue weighted by molar-refractivity contribution is -0.116. The fourth-order valence-corrected chi connectivity index (χ4v) is 2.51. The molecule has 0 atom stereocenters. The van der Waals surface area contributed by atoms with Crippen molar-refractivity contribution in [3.63, 3.8) is 0 Å². The van der Waals surface area contributed by atoms with Gasteiger partial charge in [-0.25, -0.2) is 0 Å². The maximum Gasteiger partial charge on any atom is 0.185 e. The van der Waals surface area contributed by atoms with Crippen LogP contribution in [0.25, 0.3) is 0 Å². The molecule has 19 heavy (non-hydrogen) atoms. The lowest BCUT2D eigenvalue weighted by Gasteiger charge is -2.17. The fourth-order valence-electron chi connectivity index (χ4n) is 2.13. The van der Waals surface area contributed by atoms with Gasteiger partial charge < -0.3 is 0 Å². The zero-order valence-corrected chi connectivity index (χ0v) is 14.3. The van der Waals surface area contributed by atoms with Gasteiger partial charge in [0.05, 0.1) is 0 Å².